The highest BCUT2D eigenvalue weighted by molar-refractivity contribution is 8.17. The first kappa shape index (κ1) is 20.4. The first-order valence-corrected chi connectivity index (χ1v) is 9.61. The number of ether oxygens (including phenoxy) is 2. The predicted molar refractivity (Wildman–Crippen MR) is 101 cm³/mol. The van der Waals surface area contributed by atoms with Crippen molar-refractivity contribution in [3.63, 3.8) is 0 Å². The number of esters is 2. The molecule has 0 spiro atoms. The Morgan fingerprint density at radius 3 is 1.92 bits per heavy atom. The van der Waals surface area contributed by atoms with E-state index in [9.17, 15) is 9.59 Å². The van der Waals surface area contributed by atoms with Gasteiger partial charge in [-0.1, -0.05) is 43.5 Å². The van der Waals surface area contributed by atoms with E-state index < -0.39 is 11.9 Å². The van der Waals surface area contributed by atoms with Gasteiger partial charge in [-0.3, -0.25) is 0 Å². The van der Waals surface area contributed by atoms with Gasteiger partial charge in [0.2, 0.25) is 0 Å². The Morgan fingerprint density at radius 1 is 0.958 bits per heavy atom. The Kier molecular flexibility index (Phi) is 10.8. The van der Waals surface area contributed by atoms with Gasteiger partial charge in [-0.2, -0.15) is 0 Å². The van der Waals surface area contributed by atoms with Gasteiger partial charge >= 0.3 is 11.9 Å². The minimum absolute atomic E-state index is 0.289. The molecule has 1 rings (SSSR count). The predicted octanol–water partition coefficient (Wildman–Crippen LogP) is 3.48. The van der Waals surface area contributed by atoms with Gasteiger partial charge in [0.15, 0.2) is 0 Å². The molecular formula is C18H22O4S2. The second-order valence-electron chi connectivity index (χ2n) is 4.60. The molecule has 0 saturated carbocycles. The number of hydrogen-bond donors (Lipinski definition) is 0. The van der Waals surface area contributed by atoms with Crippen LogP contribution in [0.3, 0.4) is 0 Å². The third kappa shape index (κ3) is 9.47. The molecule has 0 aliphatic heterocycles. The van der Waals surface area contributed by atoms with E-state index in [1.54, 1.807) is 23.5 Å². The van der Waals surface area contributed by atoms with Crippen molar-refractivity contribution in [1.82, 2.24) is 0 Å². The maximum absolute atomic E-state index is 11.0. The van der Waals surface area contributed by atoms with E-state index in [0.29, 0.717) is 24.7 Å². The summed E-state index contributed by atoms with van der Waals surface area (Å²) in [5.41, 5.74) is 1.24. The van der Waals surface area contributed by atoms with E-state index in [1.165, 1.54) is 5.56 Å². The fourth-order valence-corrected chi connectivity index (χ4v) is 4.20. The summed E-state index contributed by atoms with van der Waals surface area (Å²) in [6, 6.07) is 10.2. The van der Waals surface area contributed by atoms with E-state index >= 15 is 0 Å². The van der Waals surface area contributed by atoms with Crippen molar-refractivity contribution in [2.45, 2.75) is 11.0 Å². The van der Waals surface area contributed by atoms with Crippen LogP contribution < -0.4 is 0 Å². The quantitative estimate of drug-likeness (QED) is 0.244. The maximum Gasteiger partial charge on any atom is 0.330 e. The second-order valence-corrected chi connectivity index (χ2v) is 7.52. The highest BCUT2D eigenvalue weighted by Gasteiger charge is 2.12. The summed E-state index contributed by atoms with van der Waals surface area (Å²) >= 11 is 3.45. The number of rotatable bonds is 12. The number of hydrogen-bond acceptors (Lipinski definition) is 6. The van der Waals surface area contributed by atoms with Crippen LogP contribution in [0.25, 0.3) is 0 Å². The first-order valence-electron chi connectivity index (χ1n) is 7.51. The van der Waals surface area contributed by atoms with Crippen molar-refractivity contribution >= 4 is 35.5 Å². The molecule has 24 heavy (non-hydrogen) atoms. The third-order valence-corrected chi connectivity index (χ3v) is 5.54. The molecule has 1 aromatic rings. The lowest BCUT2D eigenvalue weighted by Crippen LogP contribution is -2.11. The highest BCUT2D eigenvalue weighted by Crippen LogP contribution is 2.27. The Labute approximate surface area is 151 Å². The minimum atomic E-state index is -0.404. The van der Waals surface area contributed by atoms with E-state index in [1.807, 2.05) is 18.2 Å². The summed E-state index contributed by atoms with van der Waals surface area (Å²) in [6.45, 7) is 7.44. The van der Waals surface area contributed by atoms with Crippen LogP contribution in [0.5, 0.6) is 0 Å². The van der Waals surface area contributed by atoms with Gasteiger partial charge in [-0.15, -0.1) is 23.5 Å². The molecule has 0 N–H and O–H groups in total. The fourth-order valence-electron chi connectivity index (χ4n) is 1.73. The van der Waals surface area contributed by atoms with Gasteiger partial charge in [0, 0.05) is 23.7 Å². The molecule has 0 bridgehead atoms. The largest absolute Gasteiger partial charge is 0.462 e. The molecule has 0 radical (unpaired) electrons. The van der Waals surface area contributed by atoms with Crippen LogP contribution in [-0.4, -0.2) is 41.2 Å². The van der Waals surface area contributed by atoms with Crippen LogP contribution in [0.2, 0.25) is 0 Å². The van der Waals surface area contributed by atoms with Gasteiger partial charge in [0.05, 0.1) is 4.58 Å². The summed E-state index contributed by atoms with van der Waals surface area (Å²) in [4.78, 5) is 22.1. The van der Waals surface area contributed by atoms with Crippen LogP contribution in [0.1, 0.15) is 5.56 Å². The van der Waals surface area contributed by atoms with Crippen LogP contribution >= 0.6 is 23.5 Å². The topological polar surface area (TPSA) is 52.6 Å². The van der Waals surface area contributed by atoms with E-state index in [-0.39, 0.29) is 4.58 Å². The van der Waals surface area contributed by atoms with Gasteiger partial charge in [-0.25, -0.2) is 9.59 Å². The lowest BCUT2D eigenvalue weighted by molar-refractivity contribution is -0.138. The summed E-state index contributed by atoms with van der Waals surface area (Å²) in [5, 5.41) is 0. The molecule has 0 aliphatic carbocycles. The molecule has 6 heteroatoms. The molecule has 130 valence electrons. The van der Waals surface area contributed by atoms with E-state index in [0.717, 1.165) is 18.6 Å². The zero-order valence-electron chi connectivity index (χ0n) is 13.5. The van der Waals surface area contributed by atoms with Crippen LogP contribution in [0.15, 0.2) is 55.6 Å². The summed E-state index contributed by atoms with van der Waals surface area (Å²) < 4.78 is 10.3. The van der Waals surface area contributed by atoms with Crippen molar-refractivity contribution in [3.05, 3.63) is 61.2 Å². The zero-order valence-corrected chi connectivity index (χ0v) is 15.2. The lowest BCUT2D eigenvalue weighted by Gasteiger charge is -2.16. The van der Waals surface area contributed by atoms with Crippen molar-refractivity contribution in [2.24, 2.45) is 0 Å². The molecule has 0 atom stereocenters. The van der Waals surface area contributed by atoms with Crippen LogP contribution in [0, 0.1) is 0 Å². The third-order valence-electron chi connectivity index (χ3n) is 2.84. The Morgan fingerprint density at radius 2 is 1.46 bits per heavy atom. The number of thioether (sulfide) groups is 2. The Balaban J connectivity index is 2.40. The van der Waals surface area contributed by atoms with Crippen molar-refractivity contribution in [2.75, 3.05) is 24.7 Å². The molecule has 0 aromatic heterocycles. The number of carbonyl (C=O) groups is 2. The second kappa shape index (κ2) is 12.7. The van der Waals surface area contributed by atoms with Gasteiger partial charge < -0.3 is 9.47 Å². The van der Waals surface area contributed by atoms with Crippen LogP contribution in [0.4, 0.5) is 0 Å². The SMILES string of the molecule is C=CC(=O)OCCSC(Cc1ccccc1)SCCOC(=O)C=C. The van der Waals surface area contributed by atoms with Gasteiger partial charge in [0.1, 0.15) is 13.2 Å². The van der Waals surface area contributed by atoms with Crippen molar-refractivity contribution < 1.29 is 19.1 Å². The maximum atomic E-state index is 11.0. The van der Waals surface area contributed by atoms with Gasteiger partial charge in [-0.05, 0) is 12.0 Å². The fraction of sp³-hybridized carbons (Fsp3) is 0.333. The van der Waals surface area contributed by atoms with E-state index in [2.05, 4.69) is 25.3 Å². The molecule has 0 saturated heterocycles. The normalized spacial score (nSPS) is 10.2. The van der Waals surface area contributed by atoms with Crippen molar-refractivity contribution in [3.8, 4) is 0 Å². The first-order chi connectivity index (χ1) is 11.7. The Hall–Kier alpha value is -1.66. The lowest BCUT2D eigenvalue weighted by atomic mass is 10.2. The minimum Gasteiger partial charge on any atom is -0.462 e. The summed E-state index contributed by atoms with van der Waals surface area (Å²) in [5.74, 6) is 0.603. The zero-order chi connectivity index (χ0) is 17.6. The smallest absolute Gasteiger partial charge is 0.330 e. The molecule has 0 amide bonds. The van der Waals surface area contributed by atoms with Crippen LogP contribution in [-0.2, 0) is 25.5 Å². The average molecular weight is 367 g/mol. The molecule has 0 aliphatic rings. The monoisotopic (exact) mass is 366 g/mol. The Bertz CT molecular complexity index is 503. The molecule has 4 nitrogen and oxygen atoms in total. The molecule has 0 unspecified atom stereocenters. The number of carbonyl (C=O) groups excluding carboxylic acids is 2. The van der Waals surface area contributed by atoms with E-state index in [4.69, 9.17) is 9.47 Å². The standard InChI is InChI=1S/C18H22O4S2/c1-3-16(19)21-10-12-23-18(14-15-8-6-5-7-9-15)24-13-11-22-17(20)4-2/h3-9,18H,1-2,10-14H2. The molecule has 0 heterocycles. The average Bonchev–Trinajstić information content (AvgIpc) is 2.62. The van der Waals surface area contributed by atoms with Crippen molar-refractivity contribution in [1.29, 1.82) is 0 Å². The summed E-state index contributed by atoms with van der Waals surface area (Å²) in [7, 11) is 0. The molecule has 1 aromatic carbocycles. The highest BCUT2D eigenvalue weighted by atomic mass is 32.2. The number of benzene rings is 1. The molecular weight excluding hydrogens is 344 g/mol. The molecule has 0 fully saturated rings. The summed E-state index contributed by atoms with van der Waals surface area (Å²) in [6.07, 6.45) is 3.21. The van der Waals surface area contributed by atoms with Gasteiger partial charge in [0.25, 0.3) is 0 Å².